The van der Waals surface area contributed by atoms with E-state index in [2.05, 4.69) is 0 Å². The lowest BCUT2D eigenvalue weighted by molar-refractivity contribution is -0.140. The Balaban J connectivity index is 2.85. The van der Waals surface area contributed by atoms with Crippen LogP contribution < -0.4 is 0 Å². The average molecular weight is 291 g/mol. The zero-order chi connectivity index (χ0) is 16.2. The lowest BCUT2D eigenvalue weighted by atomic mass is 10.0. The third-order valence-electron chi connectivity index (χ3n) is 3.59. The average Bonchev–Trinajstić information content (AvgIpc) is 2.32. The van der Waals surface area contributed by atoms with Gasteiger partial charge in [0.2, 0.25) is 5.91 Å². The Labute approximate surface area is 126 Å². The first-order valence-corrected chi connectivity index (χ1v) is 7.19. The van der Waals surface area contributed by atoms with Gasteiger partial charge in [-0.25, -0.2) is 0 Å². The van der Waals surface area contributed by atoms with Crippen LogP contribution in [0.1, 0.15) is 43.9 Å². The molecule has 4 heteroatoms. The molecule has 1 amide bonds. The number of carboxylic acids is 1. The van der Waals surface area contributed by atoms with Gasteiger partial charge in [0.25, 0.3) is 0 Å². The summed E-state index contributed by atoms with van der Waals surface area (Å²) < 4.78 is 0. The second-order valence-electron chi connectivity index (χ2n) is 6.46. The predicted molar refractivity (Wildman–Crippen MR) is 83.3 cm³/mol. The van der Waals surface area contributed by atoms with Gasteiger partial charge in [0.15, 0.2) is 0 Å². The second kappa shape index (κ2) is 6.74. The van der Waals surface area contributed by atoms with E-state index in [1.165, 1.54) is 5.56 Å². The summed E-state index contributed by atoms with van der Waals surface area (Å²) in [4.78, 5) is 24.9. The second-order valence-corrected chi connectivity index (χ2v) is 6.46. The number of hydrogen-bond donors (Lipinski definition) is 1. The fraction of sp³-hybridized carbons (Fsp3) is 0.529. The van der Waals surface area contributed by atoms with Crippen LogP contribution in [0.4, 0.5) is 0 Å². The minimum atomic E-state index is -0.886. The van der Waals surface area contributed by atoms with Crippen LogP contribution in [0.2, 0.25) is 0 Å². The van der Waals surface area contributed by atoms with Gasteiger partial charge in [0.05, 0.1) is 12.8 Å². The molecule has 1 aromatic rings. The normalized spacial score (nSPS) is 11.3. The molecule has 0 unspecified atom stereocenters. The fourth-order valence-corrected chi connectivity index (χ4v) is 2.23. The highest BCUT2D eigenvalue weighted by molar-refractivity contribution is 5.80. The number of rotatable bonds is 5. The van der Waals surface area contributed by atoms with Crippen molar-refractivity contribution in [2.75, 3.05) is 6.54 Å². The van der Waals surface area contributed by atoms with Crippen LogP contribution >= 0.6 is 0 Å². The standard InChI is InChI=1S/C17H25NO3/c1-12-6-7-14(10-13(12)2)11-15(19)18(17(3,4)5)9-8-16(20)21/h6-7,10H,8-9,11H2,1-5H3,(H,20,21). The highest BCUT2D eigenvalue weighted by Crippen LogP contribution is 2.17. The van der Waals surface area contributed by atoms with E-state index >= 15 is 0 Å². The molecule has 0 fully saturated rings. The van der Waals surface area contributed by atoms with Crippen LogP contribution in [0.25, 0.3) is 0 Å². The summed E-state index contributed by atoms with van der Waals surface area (Å²) in [6.07, 6.45) is 0.272. The van der Waals surface area contributed by atoms with Crippen molar-refractivity contribution in [3.05, 3.63) is 34.9 Å². The highest BCUT2D eigenvalue weighted by Gasteiger charge is 2.26. The number of benzene rings is 1. The highest BCUT2D eigenvalue weighted by atomic mass is 16.4. The van der Waals surface area contributed by atoms with Crippen molar-refractivity contribution in [3.8, 4) is 0 Å². The number of carbonyl (C=O) groups is 2. The van der Waals surface area contributed by atoms with E-state index in [9.17, 15) is 9.59 Å². The fourth-order valence-electron chi connectivity index (χ4n) is 2.23. The lowest BCUT2D eigenvalue weighted by Gasteiger charge is -2.35. The summed E-state index contributed by atoms with van der Waals surface area (Å²) in [6, 6.07) is 5.99. The molecule has 0 atom stereocenters. The Morgan fingerprint density at radius 1 is 1.14 bits per heavy atom. The minimum Gasteiger partial charge on any atom is -0.481 e. The van der Waals surface area contributed by atoms with Crippen molar-refractivity contribution in [1.29, 1.82) is 0 Å². The summed E-state index contributed by atoms with van der Waals surface area (Å²) in [6.45, 7) is 10.1. The first-order chi connectivity index (χ1) is 9.61. The lowest BCUT2D eigenvalue weighted by Crippen LogP contribution is -2.47. The molecule has 4 nitrogen and oxygen atoms in total. The smallest absolute Gasteiger partial charge is 0.305 e. The van der Waals surface area contributed by atoms with Gasteiger partial charge in [-0.05, 0) is 51.3 Å². The van der Waals surface area contributed by atoms with Gasteiger partial charge in [0.1, 0.15) is 0 Å². The molecule has 116 valence electrons. The van der Waals surface area contributed by atoms with Crippen molar-refractivity contribution in [3.63, 3.8) is 0 Å². The number of hydrogen-bond acceptors (Lipinski definition) is 2. The number of carboxylic acid groups (broad SMARTS) is 1. The number of aliphatic carboxylic acids is 1. The van der Waals surface area contributed by atoms with Crippen molar-refractivity contribution in [2.45, 2.75) is 53.0 Å². The molecule has 0 aliphatic heterocycles. The molecule has 1 rings (SSSR count). The number of aryl methyl sites for hydroxylation is 2. The molecule has 0 aliphatic carbocycles. The SMILES string of the molecule is Cc1ccc(CC(=O)N(CCC(=O)O)C(C)(C)C)cc1C. The number of nitrogens with zero attached hydrogens (tertiary/aromatic N) is 1. The molecule has 0 aliphatic rings. The first-order valence-electron chi connectivity index (χ1n) is 7.19. The minimum absolute atomic E-state index is 0.0318. The third-order valence-corrected chi connectivity index (χ3v) is 3.59. The summed E-state index contributed by atoms with van der Waals surface area (Å²) in [5.41, 5.74) is 2.94. The Kier molecular flexibility index (Phi) is 5.53. The molecular weight excluding hydrogens is 266 g/mol. The molecule has 0 aromatic heterocycles. The Bertz CT molecular complexity index is 529. The molecule has 0 saturated heterocycles. The van der Waals surface area contributed by atoms with E-state index in [1.54, 1.807) is 4.90 Å². The van der Waals surface area contributed by atoms with Crippen molar-refractivity contribution in [1.82, 2.24) is 4.90 Å². The van der Waals surface area contributed by atoms with Gasteiger partial charge >= 0.3 is 5.97 Å². The van der Waals surface area contributed by atoms with Crippen molar-refractivity contribution < 1.29 is 14.7 Å². The molecule has 1 N–H and O–H groups in total. The quantitative estimate of drug-likeness (QED) is 0.907. The Morgan fingerprint density at radius 3 is 2.24 bits per heavy atom. The largest absolute Gasteiger partial charge is 0.481 e. The topological polar surface area (TPSA) is 57.6 Å². The van der Waals surface area contributed by atoms with Gasteiger partial charge in [0, 0.05) is 12.1 Å². The van der Waals surface area contributed by atoms with Crippen molar-refractivity contribution >= 4 is 11.9 Å². The molecule has 0 spiro atoms. The van der Waals surface area contributed by atoms with Gasteiger partial charge in [-0.1, -0.05) is 18.2 Å². The molecular formula is C17H25NO3. The van der Waals surface area contributed by atoms with Crippen molar-refractivity contribution in [2.24, 2.45) is 0 Å². The summed E-state index contributed by atoms with van der Waals surface area (Å²) in [7, 11) is 0. The molecule has 0 heterocycles. The molecule has 0 bridgehead atoms. The Hall–Kier alpha value is -1.84. The zero-order valence-corrected chi connectivity index (χ0v) is 13.6. The molecule has 21 heavy (non-hydrogen) atoms. The monoisotopic (exact) mass is 291 g/mol. The molecule has 0 saturated carbocycles. The maximum Gasteiger partial charge on any atom is 0.305 e. The summed E-state index contributed by atoms with van der Waals surface area (Å²) >= 11 is 0. The Morgan fingerprint density at radius 2 is 1.76 bits per heavy atom. The van der Waals surface area contributed by atoms with E-state index in [-0.39, 0.29) is 24.4 Å². The van der Waals surface area contributed by atoms with Gasteiger partial charge in [-0.15, -0.1) is 0 Å². The van der Waals surface area contributed by atoms with Gasteiger partial charge in [-0.2, -0.15) is 0 Å². The third kappa shape index (κ3) is 5.21. The predicted octanol–water partition coefficient (Wildman–Crippen LogP) is 2.95. The van der Waals surface area contributed by atoms with E-state index in [4.69, 9.17) is 5.11 Å². The first kappa shape index (κ1) is 17.2. The van der Waals surface area contributed by atoms with Gasteiger partial charge in [-0.3, -0.25) is 9.59 Å². The van der Waals surface area contributed by atoms with Crippen LogP contribution in [0.3, 0.4) is 0 Å². The maximum atomic E-state index is 12.5. The van der Waals surface area contributed by atoms with E-state index in [1.807, 2.05) is 52.8 Å². The van der Waals surface area contributed by atoms with Crippen LogP contribution in [-0.2, 0) is 16.0 Å². The van der Waals surface area contributed by atoms with Crippen LogP contribution in [-0.4, -0.2) is 34.0 Å². The maximum absolute atomic E-state index is 12.5. The van der Waals surface area contributed by atoms with Crippen LogP contribution in [0, 0.1) is 13.8 Å². The number of carbonyl (C=O) groups excluding carboxylic acids is 1. The summed E-state index contributed by atoms with van der Waals surface area (Å²) in [5.74, 6) is -0.921. The van der Waals surface area contributed by atoms with Gasteiger partial charge < -0.3 is 10.0 Å². The van der Waals surface area contributed by atoms with E-state index in [0.717, 1.165) is 11.1 Å². The zero-order valence-electron chi connectivity index (χ0n) is 13.6. The molecule has 0 radical (unpaired) electrons. The molecule has 1 aromatic carbocycles. The van der Waals surface area contributed by atoms with E-state index < -0.39 is 5.97 Å². The summed E-state index contributed by atoms with van der Waals surface area (Å²) in [5, 5.41) is 8.83. The van der Waals surface area contributed by atoms with E-state index in [0.29, 0.717) is 6.42 Å². The van der Waals surface area contributed by atoms with Crippen LogP contribution in [0.5, 0.6) is 0 Å². The number of amides is 1. The van der Waals surface area contributed by atoms with Crippen LogP contribution in [0.15, 0.2) is 18.2 Å².